The molecule has 4 aliphatic carbocycles. The number of ether oxygens (including phenoxy) is 1. The number of rotatable bonds is 8. The van der Waals surface area contributed by atoms with Crippen LogP contribution in [0, 0.1) is 35.5 Å². The first-order valence-corrected chi connectivity index (χ1v) is 14.1. The summed E-state index contributed by atoms with van der Waals surface area (Å²) in [5.41, 5.74) is 1.39. The fraction of sp³-hybridized carbons (Fsp3) is 0.900. The van der Waals surface area contributed by atoms with Gasteiger partial charge in [0.05, 0.1) is 11.7 Å². The van der Waals surface area contributed by atoms with Gasteiger partial charge in [-0.25, -0.2) is 0 Å². The van der Waals surface area contributed by atoms with Crippen LogP contribution >= 0.6 is 0 Å². The maximum Gasteiger partial charge on any atom is 0.122 e. The monoisotopic (exact) mass is 444 g/mol. The summed E-state index contributed by atoms with van der Waals surface area (Å²) in [5, 5.41) is 0. The molecular weight excluding hydrogens is 392 g/mol. The molecule has 0 spiro atoms. The molecule has 4 rings (SSSR count). The number of carbonyl (C=O) groups is 1. The smallest absolute Gasteiger partial charge is 0.122 e. The van der Waals surface area contributed by atoms with Gasteiger partial charge in [0, 0.05) is 6.42 Å². The Morgan fingerprint density at radius 3 is 2.56 bits per heavy atom. The van der Waals surface area contributed by atoms with Gasteiger partial charge in [0.2, 0.25) is 0 Å². The number of unbranched alkanes of at least 4 members (excludes halogenated alkanes) is 2. The minimum atomic E-state index is -0.307. The van der Waals surface area contributed by atoms with Gasteiger partial charge in [-0.1, -0.05) is 70.9 Å². The molecule has 0 N–H and O–H groups in total. The average molecular weight is 445 g/mol. The van der Waals surface area contributed by atoms with E-state index >= 15 is 0 Å². The summed E-state index contributed by atoms with van der Waals surface area (Å²) in [4.78, 5) is 10.8. The largest absolute Gasteiger partial charge is 0.372 e. The van der Waals surface area contributed by atoms with E-state index in [9.17, 15) is 4.79 Å². The van der Waals surface area contributed by atoms with Crippen molar-refractivity contribution in [1.29, 1.82) is 0 Å². The molecule has 0 aromatic carbocycles. The predicted molar refractivity (Wildman–Crippen MR) is 136 cm³/mol. The van der Waals surface area contributed by atoms with Crippen molar-refractivity contribution in [3.63, 3.8) is 0 Å². The summed E-state index contributed by atoms with van der Waals surface area (Å²) in [6.45, 7) is 10.9. The fourth-order valence-electron chi connectivity index (χ4n) is 7.46. The molecular formula is C30H52O2. The van der Waals surface area contributed by atoms with Crippen molar-refractivity contribution in [2.75, 3.05) is 0 Å². The normalized spacial score (nSPS) is 34.0. The lowest BCUT2D eigenvalue weighted by Gasteiger charge is -2.49. The van der Waals surface area contributed by atoms with Gasteiger partial charge in [-0.2, -0.15) is 0 Å². The first-order valence-electron chi connectivity index (χ1n) is 14.1. The molecule has 4 aliphatic rings. The number of aldehydes is 1. The minimum Gasteiger partial charge on any atom is -0.372 e. The highest BCUT2D eigenvalue weighted by Gasteiger charge is 2.47. The Kier molecular flexibility index (Phi) is 9.89. The van der Waals surface area contributed by atoms with Gasteiger partial charge >= 0.3 is 0 Å². The molecule has 3 fully saturated rings. The first kappa shape index (κ1) is 26.0. The van der Waals surface area contributed by atoms with Gasteiger partial charge in [0.25, 0.3) is 0 Å². The van der Waals surface area contributed by atoms with E-state index < -0.39 is 0 Å². The maximum absolute atomic E-state index is 10.8. The Bertz CT molecular complexity index is 604. The van der Waals surface area contributed by atoms with Crippen molar-refractivity contribution in [2.24, 2.45) is 35.5 Å². The molecule has 6 atom stereocenters. The van der Waals surface area contributed by atoms with Gasteiger partial charge in [-0.3, -0.25) is 0 Å². The molecule has 2 nitrogen and oxygen atoms in total. The molecule has 0 heterocycles. The third-order valence-electron chi connectivity index (χ3n) is 9.04. The van der Waals surface area contributed by atoms with Gasteiger partial charge in [0.15, 0.2) is 0 Å². The SMILES string of the molecule is CC(C)(CC=O)O[C@H]1CCC2C(=CCC3C4CCCC4CCC23)C1.CCCCCC(C)C. The fourth-order valence-corrected chi connectivity index (χ4v) is 7.46. The summed E-state index contributed by atoms with van der Waals surface area (Å²) >= 11 is 0. The molecule has 0 radical (unpaired) electrons. The molecule has 0 aromatic heterocycles. The van der Waals surface area contributed by atoms with Crippen molar-refractivity contribution in [2.45, 2.75) is 136 Å². The van der Waals surface area contributed by atoms with Crippen LogP contribution in [0.3, 0.4) is 0 Å². The van der Waals surface area contributed by atoms with Crippen LogP contribution in [-0.2, 0) is 9.53 Å². The quantitative estimate of drug-likeness (QED) is 0.213. The van der Waals surface area contributed by atoms with E-state index in [1.807, 2.05) is 0 Å². The topological polar surface area (TPSA) is 26.3 Å². The Labute approximate surface area is 199 Å². The van der Waals surface area contributed by atoms with E-state index in [1.54, 1.807) is 5.57 Å². The van der Waals surface area contributed by atoms with Crippen LogP contribution in [0.1, 0.15) is 125 Å². The Morgan fingerprint density at radius 1 is 1.03 bits per heavy atom. The molecule has 2 heteroatoms. The summed E-state index contributed by atoms with van der Waals surface area (Å²) in [6, 6.07) is 0. The Balaban J connectivity index is 0.000000312. The predicted octanol–water partition coefficient (Wildman–Crippen LogP) is 8.53. The van der Waals surface area contributed by atoms with Crippen LogP contribution in [-0.4, -0.2) is 18.0 Å². The number of carbonyl (C=O) groups excluding carboxylic acids is 1. The third-order valence-corrected chi connectivity index (χ3v) is 9.04. The lowest BCUT2D eigenvalue weighted by molar-refractivity contribution is -0.120. The van der Waals surface area contributed by atoms with Crippen molar-refractivity contribution in [3.05, 3.63) is 11.6 Å². The lowest BCUT2D eigenvalue weighted by Crippen LogP contribution is -2.42. The highest BCUT2D eigenvalue weighted by atomic mass is 16.5. The molecule has 0 amide bonds. The second kappa shape index (κ2) is 12.2. The van der Waals surface area contributed by atoms with Crippen molar-refractivity contribution in [1.82, 2.24) is 0 Å². The number of hydrogen-bond donors (Lipinski definition) is 0. The van der Waals surface area contributed by atoms with Crippen molar-refractivity contribution < 1.29 is 9.53 Å². The molecule has 3 saturated carbocycles. The van der Waals surface area contributed by atoms with E-state index in [1.165, 1.54) is 77.0 Å². The van der Waals surface area contributed by atoms with Crippen LogP contribution in [0.15, 0.2) is 11.6 Å². The van der Waals surface area contributed by atoms with E-state index in [0.29, 0.717) is 12.5 Å². The van der Waals surface area contributed by atoms with E-state index in [-0.39, 0.29) is 5.60 Å². The molecule has 0 saturated heterocycles. The second-order valence-corrected chi connectivity index (χ2v) is 12.4. The zero-order chi connectivity index (χ0) is 23.1. The molecule has 0 bridgehead atoms. The average Bonchev–Trinajstić information content (AvgIpc) is 3.22. The summed E-state index contributed by atoms with van der Waals surface area (Å²) < 4.78 is 6.30. The molecule has 0 aromatic rings. The molecule has 0 aliphatic heterocycles. The standard InChI is InChI=1S/C22H34O2.C8H18/c1-22(2,12-13-23)24-17-8-11-19-16(14-17)7-10-20-18-5-3-4-15(18)6-9-21(19)20;1-4-5-6-7-8(2)3/h7,13,15,17-21H,3-6,8-12,14H2,1-2H3;8H,4-7H2,1-3H3/t15?,17-,18?,19?,20?,21?;/m0./s1. The summed E-state index contributed by atoms with van der Waals surface area (Å²) in [7, 11) is 0. The minimum absolute atomic E-state index is 0.307. The van der Waals surface area contributed by atoms with Gasteiger partial charge in [0.1, 0.15) is 6.29 Å². The number of allylic oxidation sites excluding steroid dienone is 1. The molecule has 184 valence electrons. The van der Waals surface area contributed by atoms with Crippen molar-refractivity contribution in [3.8, 4) is 0 Å². The van der Waals surface area contributed by atoms with Crippen LogP contribution in [0.5, 0.6) is 0 Å². The highest BCUT2D eigenvalue weighted by molar-refractivity contribution is 5.51. The van der Waals surface area contributed by atoms with Crippen molar-refractivity contribution >= 4 is 6.29 Å². The summed E-state index contributed by atoms with van der Waals surface area (Å²) in [6.07, 6.45) is 22.5. The van der Waals surface area contributed by atoms with Crippen LogP contribution in [0.2, 0.25) is 0 Å². The third kappa shape index (κ3) is 6.94. The second-order valence-electron chi connectivity index (χ2n) is 12.4. The highest BCUT2D eigenvalue weighted by Crippen LogP contribution is 2.56. The van der Waals surface area contributed by atoms with E-state index in [0.717, 1.165) is 48.2 Å². The number of hydrogen-bond acceptors (Lipinski definition) is 2. The molecule has 5 unspecified atom stereocenters. The van der Waals surface area contributed by atoms with Crippen LogP contribution in [0.4, 0.5) is 0 Å². The zero-order valence-electron chi connectivity index (χ0n) is 21.9. The summed E-state index contributed by atoms with van der Waals surface area (Å²) in [5.74, 6) is 5.81. The Morgan fingerprint density at radius 2 is 1.84 bits per heavy atom. The first-order chi connectivity index (χ1) is 15.3. The van der Waals surface area contributed by atoms with Crippen LogP contribution < -0.4 is 0 Å². The Hall–Kier alpha value is -0.630. The maximum atomic E-state index is 10.8. The van der Waals surface area contributed by atoms with E-state index in [2.05, 4.69) is 40.7 Å². The van der Waals surface area contributed by atoms with E-state index in [4.69, 9.17) is 4.74 Å². The van der Waals surface area contributed by atoms with Gasteiger partial charge in [-0.05, 0) is 94.3 Å². The van der Waals surface area contributed by atoms with Crippen LogP contribution in [0.25, 0.3) is 0 Å². The molecule has 32 heavy (non-hydrogen) atoms. The zero-order valence-corrected chi connectivity index (χ0v) is 21.9. The number of fused-ring (bicyclic) bond motifs is 5. The van der Waals surface area contributed by atoms with Gasteiger partial charge in [-0.15, -0.1) is 0 Å². The van der Waals surface area contributed by atoms with Gasteiger partial charge < -0.3 is 9.53 Å². The lowest BCUT2D eigenvalue weighted by atomic mass is 9.57.